The fourth-order valence-electron chi connectivity index (χ4n) is 4.04. The zero-order valence-corrected chi connectivity index (χ0v) is 19.1. The average Bonchev–Trinajstić information content (AvgIpc) is 3.39. The van der Waals surface area contributed by atoms with Gasteiger partial charge in [-0.15, -0.1) is 0 Å². The summed E-state index contributed by atoms with van der Waals surface area (Å²) in [7, 11) is 3.07. The van der Waals surface area contributed by atoms with E-state index in [1.165, 1.54) is 13.2 Å². The first kappa shape index (κ1) is 24.5. The number of amides is 1. The molecule has 0 aliphatic carbocycles. The molecule has 35 heavy (non-hydrogen) atoms. The monoisotopic (exact) mass is 491 g/mol. The number of rotatable bonds is 6. The molecule has 0 saturated carbocycles. The van der Waals surface area contributed by atoms with Crippen LogP contribution in [0, 0.1) is 0 Å². The van der Waals surface area contributed by atoms with Crippen LogP contribution >= 0.6 is 0 Å². The highest BCUT2D eigenvalue weighted by Crippen LogP contribution is 2.34. The number of imidazole rings is 1. The number of nitrogens with zero attached hydrogens (tertiary/aromatic N) is 4. The number of nitrogens with one attached hydrogen (secondary N) is 1. The zero-order valence-electron chi connectivity index (χ0n) is 19.1. The van der Waals surface area contributed by atoms with Crippen molar-refractivity contribution in [1.82, 2.24) is 14.5 Å². The van der Waals surface area contributed by atoms with Crippen molar-refractivity contribution in [3.05, 3.63) is 47.5 Å². The maximum absolute atomic E-state index is 13.1. The highest BCUT2D eigenvalue weighted by Gasteiger charge is 2.33. The minimum Gasteiger partial charge on any atom is -0.469 e. The van der Waals surface area contributed by atoms with Gasteiger partial charge in [-0.05, 0) is 30.7 Å². The van der Waals surface area contributed by atoms with E-state index in [1.807, 2.05) is 4.90 Å². The molecule has 1 fully saturated rings. The Morgan fingerprint density at radius 1 is 1.26 bits per heavy atom. The Labute approximate surface area is 198 Å². The van der Waals surface area contributed by atoms with Crippen molar-refractivity contribution >= 4 is 34.3 Å². The van der Waals surface area contributed by atoms with Gasteiger partial charge in [0.2, 0.25) is 0 Å². The van der Waals surface area contributed by atoms with E-state index in [0.29, 0.717) is 54.2 Å². The molecular formula is C23H24F3N5O4. The molecule has 2 aromatic heterocycles. The van der Waals surface area contributed by atoms with E-state index in [-0.39, 0.29) is 18.1 Å². The molecule has 1 saturated heterocycles. The van der Waals surface area contributed by atoms with E-state index in [1.54, 1.807) is 23.7 Å². The summed E-state index contributed by atoms with van der Waals surface area (Å²) in [5.74, 6) is -0.546. The number of hydrogen-bond acceptors (Lipinski definition) is 7. The summed E-state index contributed by atoms with van der Waals surface area (Å²) in [4.78, 5) is 34.4. The van der Waals surface area contributed by atoms with Crippen LogP contribution in [-0.4, -0.2) is 57.8 Å². The van der Waals surface area contributed by atoms with Crippen molar-refractivity contribution in [2.45, 2.75) is 31.5 Å². The number of halogens is 3. The van der Waals surface area contributed by atoms with E-state index in [2.05, 4.69) is 20.0 Å². The number of β-amino-alcohol motifs (C(OH)–C–C–N with tert-alkyl or cyclic N) is 1. The van der Waals surface area contributed by atoms with Crippen LogP contribution in [0.5, 0.6) is 0 Å². The summed E-state index contributed by atoms with van der Waals surface area (Å²) in [6, 6.07) is 6.56. The summed E-state index contributed by atoms with van der Waals surface area (Å²) in [5.41, 5.74) is 0.645. The number of anilines is 2. The minimum absolute atomic E-state index is 0.143. The normalized spacial score (nSPS) is 16.1. The molecule has 3 heterocycles. The largest absolute Gasteiger partial charge is 0.469 e. The molecule has 4 rings (SSSR count). The minimum atomic E-state index is -4.68. The molecular weight excluding hydrogens is 467 g/mol. The Balaban J connectivity index is 1.71. The Kier molecular flexibility index (Phi) is 6.66. The molecule has 186 valence electrons. The van der Waals surface area contributed by atoms with Crippen molar-refractivity contribution in [3.8, 4) is 0 Å². The second kappa shape index (κ2) is 9.53. The zero-order chi connectivity index (χ0) is 25.3. The number of aliphatic hydroxyl groups excluding tert-OH is 1. The Hall–Kier alpha value is -3.67. The highest BCUT2D eigenvalue weighted by molar-refractivity contribution is 6.06. The smallest absolute Gasteiger partial charge is 0.433 e. The van der Waals surface area contributed by atoms with Crippen LogP contribution in [0.25, 0.3) is 11.0 Å². The number of methoxy groups -OCH3 is 1. The Morgan fingerprint density at radius 2 is 2.03 bits per heavy atom. The number of hydrogen-bond donors (Lipinski definition) is 2. The van der Waals surface area contributed by atoms with Gasteiger partial charge < -0.3 is 24.6 Å². The molecule has 1 amide bonds. The standard InChI is InChI=1S/C23H24F3N5O4/c1-30-17-10-16(29-22(34)14-4-3-5-19(27-14)23(24,25)26)18(31-9-8-13(32)12-31)11-15(17)28-20(30)6-7-21(33)35-2/h3-5,10-11,13,32H,6-9,12H2,1-2H3,(H,29,34)/t13-/m1/s1. The molecule has 0 radical (unpaired) electrons. The molecule has 3 aromatic rings. The lowest BCUT2D eigenvalue weighted by molar-refractivity contribution is -0.141. The number of aliphatic hydroxyl groups is 1. The van der Waals surface area contributed by atoms with Gasteiger partial charge in [-0.3, -0.25) is 9.59 Å². The first-order chi connectivity index (χ1) is 16.6. The molecule has 0 spiro atoms. The lowest BCUT2D eigenvalue weighted by Crippen LogP contribution is -2.24. The first-order valence-electron chi connectivity index (χ1n) is 10.9. The predicted molar refractivity (Wildman–Crippen MR) is 121 cm³/mol. The SMILES string of the molecule is COC(=O)CCc1nc2cc(N3CC[C@@H](O)C3)c(NC(=O)c3cccc(C(F)(F)F)n3)cc2n1C. The van der Waals surface area contributed by atoms with Gasteiger partial charge in [-0.2, -0.15) is 13.2 Å². The number of aryl methyl sites for hydroxylation is 2. The fourth-order valence-corrected chi connectivity index (χ4v) is 4.04. The van der Waals surface area contributed by atoms with Crippen LogP contribution in [-0.2, 0) is 29.2 Å². The van der Waals surface area contributed by atoms with E-state index >= 15 is 0 Å². The molecule has 0 unspecified atom stereocenters. The number of benzene rings is 1. The van der Waals surface area contributed by atoms with Gasteiger partial charge in [0.25, 0.3) is 5.91 Å². The van der Waals surface area contributed by atoms with Crippen molar-refractivity contribution in [2.75, 3.05) is 30.4 Å². The van der Waals surface area contributed by atoms with Gasteiger partial charge in [0, 0.05) is 26.6 Å². The van der Waals surface area contributed by atoms with E-state index in [9.17, 15) is 27.9 Å². The number of pyridine rings is 1. The fraction of sp³-hybridized carbons (Fsp3) is 0.391. The number of ether oxygens (including phenoxy) is 1. The lowest BCUT2D eigenvalue weighted by Gasteiger charge is -2.22. The maximum atomic E-state index is 13.1. The maximum Gasteiger partial charge on any atom is 0.433 e. The molecule has 1 aliphatic rings. The van der Waals surface area contributed by atoms with E-state index < -0.39 is 23.9 Å². The summed E-state index contributed by atoms with van der Waals surface area (Å²) >= 11 is 0. The number of carbonyl (C=O) groups excluding carboxylic acids is 2. The Morgan fingerprint density at radius 3 is 2.69 bits per heavy atom. The molecule has 9 nitrogen and oxygen atoms in total. The summed E-state index contributed by atoms with van der Waals surface area (Å²) in [6.07, 6.45) is -4.21. The summed E-state index contributed by atoms with van der Waals surface area (Å²) in [6.45, 7) is 0.859. The van der Waals surface area contributed by atoms with Crippen molar-refractivity contribution in [3.63, 3.8) is 0 Å². The number of aromatic nitrogens is 3. The predicted octanol–water partition coefficient (Wildman–Crippen LogP) is 2.92. The van der Waals surface area contributed by atoms with E-state index in [4.69, 9.17) is 0 Å². The summed E-state index contributed by atoms with van der Waals surface area (Å²) in [5, 5.41) is 12.7. The molecule has 12 heteroatoms. The third kappa shape index (κ3) is 5.21. The van der Waals surface area contributed by atoms with Crippen LogP contribution in [0.15, 0.2) is 30.3 Å². The third-order valence-electron chi connectivity index (χ3n) is 5.90. The van der Waals surface area contributed by atoms with Crippen molar-refractivity contribution in [1.29, 1.82) is 0 Å². The number of alkyl halides is 3. The molecule has 1 aromatic carbocycles. The van der Waals surface area contributed by atoms with Gasteiger partial charge in [0.1, 0.15) is 17.2 Å². The van der Waals surface area contributed by atoms with E-state index in [0.717, 1.165) is 12.1 Å². The van der Waals surface area contributed by atoms with Crippen LogP contribution in [0.2, 0.25) is 0 Å². The quantitative estimate of drug-likeness (QED) is 0.511. The number of fused-ring (bicyclic) bond motifs is 1. The third-order valence-corrected chi connectivity index (χ3v) is 5.90. The van der Waals surface area contributed by atoms with Crippen molar-refractivity contribution < 1.29 is 32.6 Å². The topological polar surface area (TPSA) is 110 Å². The molecule has 1 atom stereocenters. The van der Waals surface area contributed by atoms with Gasteiger partial charge in [-0.25, -0.2) is 9.97 Å². The second-order valence-electron chi connectivity index (χ2n) is 8.27. The van der Waals surface area contributed by atoms with Gasteiger partial charge >= 0.3 is 12.1 Å². The van der Waals surface area contributed by atoms with Crippen LogP contribution in [0.4, 0.5) is 24.5 Å². The number of carbonyl (C=O) groups is 2. The molecule has 2 N–H and O–H groups in total. The van der Waals surface area contributed by atoms with Gasteiger partial charge in [0.15, 0.2) is 0 Å². The van der Waals surface area contributed by atoms with Crippen LogP contribution in [0.1, 0.15) is 34.8 Å². The van der Waals surface area contributed by atoms with Crippen LogP contribution < -0.4 is 10.2 Å². The molecule has 1 aliphatic heterocycles. The molecule has 0 bridgehead atoms. The summed E-state index contributed by atoms with van der Waals surface area (Å²) < 4.78 is 45.6. The van der Waals surface area contributed by atoms with Crippen LogP contribution in [0.3, 0.4) is 0 Å². The Bertz CT molecular complexity index is 1270. The second-order valence-corrected chi connectivity index (χ2v) is 8.27. The first-order valence-corrected chi connectivity index (χ1v) is 10.9. The van der Waals surface area contributed by atoms with Gasteiger partial charge in [0.05, 0.1) is 42.0 Å². The van der Waals surface area contributed by atoms with Crippen molar-refractivity contribution in [2.24, 2.45) is 7.05 Å². The average molecular weight is 491 g/mol. The highest BCUT2D eigenvalue weighted by atomic mass is 19.4. The van der Waals surface area contributed by atoms with Gasteiger partial charge in [-0.1, -0.05) is 6.07 Å². The number of esters is 1. The lowest BCUT2D eigenvalue weighted by atomic mass is 10.2.